The Labute approximate surface area is 94.7 Å². The Morgan fingerprint density at radius 2 is 2.25 bits per heavy atom. The second-order valence-corrected chi connectivity index (χ2v) is 4.54. The molecule has 0 spiro atoms. The van der Waals surface area contributed by atoms with Crippen molar-refractivity contribution in [2.24, 2.45) is 0 Å². The number of hydrogen-bond acceptors (Lipinski definition) is 3. The zero-order valence-electron chi connectivity index (χ0n) is 9.46. The van der Waals surface area contributed by atoms with Crippen LogP contribution in [0.15, 0.2) is 18.7 Å². The fourth-order valence-corrected chi connectivity index (χ4v) is 2.27. The first-order valence-electron chi connectivity index (χ1n) is 5.57. The van der Waals surface area contributed by atoms with E-state index in [2.05, 4.69) is 4.98 Å². The molecule has 0 saturated heterocycles. The number of rotatable bonds is 2. The maximum atomic E-state index is 11.9. The Balaban J connectivity index is 1.97. The first-order chi connectivity index (χ1) is 7.61. The fraction of sp³-hybridized carbons (Fsp3) is 0.636. The molecule has 5 nitrogen and oxygen atoms in total. The SMILES string of the molecule is CN(CC1(O)CCCC1)C(=O)n1ccnc1. The highest BCUT2D eigenvalue weighted by molar-refractivity contribution is 5.76. The van der Waals surface area contributed by atoms with Gasteiger partial charge in [0, 0.05) is 19.4 Å². The highest BCUT2D eigenvalue weighted by atomic mass is 16.3. The summed E-state index contributed by atoms with van der Waals surface area (Å²) in [6.45, 7) is 0.393. The fourth-order valence-electron chi connectivity index (χ4n) is 2.27. The van der Waals surface area contributed by atoms with Crippen molar-refractivity contribution in [3.05, 3.63) is 18.7 Å². The molecule has 1 aliphatic carbocycles. The third kappa shape index (κ3) is 2.24. The summed E-state index contributed by atoms with van der Waals surface area (Å²) in [6, 6.07) is -0.155. The molecule has 1 saturated carbocycles. The lowest BCUT2D eigenvalue weighted by molar-refractivity contribution is 0.0249. The van der Waals surface area contributed by atoms with E-state index < -0.39 is 5.60 Å². The van der Waals surface area contributed by atoms with Gasteiger partial charge in [-0.2, -0.15) is 0 Å². The second kappa shape index (κ2) is 4.25. The molecule has 16 heavy (non-hydrogen) atoms. The molecular formula is C11H17N3O2. The first kappa shape index (κ1) is 11.1. The highest BCUT2D eigenvalue weighted by Crippen LogP contribution is 2.29. The van der Waals surface area contributed by atoms with Gasteiger partial charge in [0.2, 0.25) is 0 Å². The van der Waals surface area contributed by atoms with E-state index in [1.807, 2.05) is 0 Å². The van der Waals surface area contributed by atoms with Gasteiger partial charge in [0.15, 0.2) is 0 Å². The smallest absolute Gasteiger partial charge is 0.329 e. The van der Waals surface area contributed by atoms with Crippen molar-refractivity contribution in [1.82, 2.24) is 14.5 Å². The zero-order valence-corrected chi connectivity index (χ0v) is 9.46. The summed E-state index contributed by atoms with van der Waals surface area (Å²) in [5.74, 6) is 0. The molecule has 1 fully saturated rings. The molecule has 2 rings (SSSR count). The van der Waals surface area contributed by atoms with E-state index in [0.717, 1.165) is 25.7 Å². The third-order valence-corrected chi connectivity index (χ3v) is 3.12. The van der Waals surface area contributed by atoms with E-state index in [1.165, 1.54) is 10.9 Å². The summed E-state index contributed by atoms with van der Waals surface area (Å²) >= 11 is 0. The number of amides is 1. The van der Waals surface area contributed by atoms with Gasteiger partial charge in [-0.15, -0.1) is 0 Å². The van der Waals surface area contributed by atoms with Crippen LogP contribution in [0.4, 0.5) is 4.79 Å². The van der Waals surface area contributed by atoms with Crippen LogP contribution in [0, 0.1) is 0 Å². The Hall–Kier alpha value is -1.36. The van der Waals surface area contributed by atoms with Crippen LogP contribution in [-0.4, -0.2) is 44.8 Å². The maximum absolute atomic E-state index is 11.9. The summed E-state index contributed by atoms with van der Waals surface area (Å²) < 4.78 is 1.41. The summed E-state index contributed by atoms with van der Waals surface area (Å²) in [4.78, 5) is 17.2. The quantitative estimate of drug-likeness (QED) is 0.816. The van der Waals surface area contributed by atoms with E-state index in [0.29, 0.717) is 6.54 Å². The number of nitrogens with zero attached hydrogens (tertiary/aromatic N) is 3. The number of likely N-dealkylation sites (N-methyl/N-ethyl adjacent to an activating group) is 1. The Bertz CT molecular complexity index is 355. The molecule has 5 heteroatoms. The number of carbonyl (C=O) groups is 1. The van der Waals surface area contributed by atoms with Crippen LogP contribution in [0.25, 0.3) is 0 Å². The molecule has 0 radical (unpaired) electrons. The molecule has 88 valence electrons. The van der Waals surface area contributed by atoms with Gasteiger partial charge in [0.05, 0.1) is 12.1 Å². The maximum Gasteiger partial charge on any atom is 0.329 e. The van der Waals surface area contributed by atoms with E-state index in [9.17, 15) is 9.90 Å². The molecule has 0 atom stereocenters. The highest BCUT2D eigenvalue weighted by Gasteiger charge is 2.33. The molecule has 1 aliphatic rings. The normalized spacial score (nSPS) is 18.6. The molecule has 1 heterocycles. The van der Waals surface area contributed by atoms with Gasteiger partial charge in [0.1, 0.15) is 6.33 Å². The lowest BCUT2D eigenvalue weighted by Crippen LogP contribution is -2.43. The number of carbonyl (C=O) groups excluding carboxylic acids is 1. The Morgan fingerprint density at radius 1 is 1.56 bits per heavy atom. The van der Waals surface area contributed by atoms with Crippen LogP contribution in [0.1, 0.15) is 25.7 Å². The van der Waals surface area contributed by atoms with E-state index in [-0.39, 0.29) is 6.03 Å². The number of imidazole rings is 1. The van der Waals surface area contributed by atoms with Gasteiger partial charge in [-0.3, -0.25) is 4.57 Å². The standard InChI is InChI=1S/C11H17N3O2/c1-13(8-11(16)4-2-3-5-11)10(15)14-7-6-12-9-14/h6-7,9,16H,2-5,8H2,1H3. The predicted molar refractivity (Wildman–Crippen MR) is 59.1 cm³/mol. The first-order valence-corrected chi connectivity index (χ1v) is 5.57. The van der Waals surface area contributed by atoms with Gasteiger partial charge in [-0.1, -0.05) is 12.8 Å². The lowest BCUT2D eigenvalue weighted by Gasteiger charge is -2.28. The van der Waals surface area contributed by atoms with Crippen molar-refractivity contribution < 1.29 is 9.90 Å². The molecular weight excluding hydrogens is 206 g/mol. The van der Waals surface area contributed by atoms with Gasteiger partial charge in [-0.05, 0) is 12.8 Å². The largest absolute Gasteiger partial charge is 0.388 e. The molecule has 0 bridgehead atoms. The van der Waals surface area contributed by atoms with Crippen molar-refractivity contribution in [2.75, 3.05) is 13.6 Å². The molecule has 1 amide bonds. The van der Waals surface area contributed by atoms with E-state index in [1.54, 1.807) is 24.3 Å². The van der Waals surface area contributed by atoms with Crippen LogP contribution in [0.3, 0.4) is 0 Å². The van der Waals surface area contributed by atoms with Crippen LogP contribution < -0.4 is 0 Å². The third-order valence-electron chi connectivity index (χ3n) is 3.12. The molecule has 0 aromatic carbocycles. The molecule has 1 aromatic rings. The van der Waals surface area contributed by atoms with E-state index in [4.69, 9.17) is 0 Å². The van der Waals surface area contributed by atoms with Crippen molar-refractivity contribution in [1.29, 1.82) is 0 Å². The average molecular weight is 223 g/mol. The summed E-state index contributed by atoms with van der Waals surface area (Å²) in [7, 11) is 1.71. The van der Waals surface area contributed by atoms with Gasteiger partial charge in [-0.25, -0.2) is 9.78 Å². The molecule has 0 aliphatic heterocycles. The summed E-state index contributed by atoms with van der Waals surface area (Å²) in [6.07, 6.45) is 8.31. The zero-order chi connectivity index (χ0) is 11.6. The Morgan fingerprint density at radius 3 is 2.81 bits per heavy atom. The van der Waals surface area contributed by atoms with Crippen molar-refractivity contribution in [2.45, 2.75) is 31.3 Å². The number of hydrogen-bond donors (Lipinski definition) is 1. The van der Waals surface area contributed by atoms with Crippen LogP contribution in [-0.2, 0) is 0 Å². The molecule has 1 aromatic heterocycles. The minimum absolute atomic E-state index is 0.155. The van der Waals surface area contributed by atoms with Crippen molar-refractivity contribution in [3.63, 3.8) is 0 Å². The predicted octanol–water partition coefficient (Wildman–Crippen LogP) is 1.09. The van der Waals surface area contributed by atoms with Crippen LogP contribution in [0.5, 0.6) is 0 Å². The summed E-state index contributed by atoms with van der Waals surface area (Å²) in [5, 5.41) is 10.2. The van der Waals surface area contributed by atoms with Gasteiger partial charge < -0.3 is 10.0 Å². The molecule has 0 unspecified atom stereocenters. The second-order valence-electron chi connectivity index (χ2n) is 4.54. The van der Waals surface area contributed by atoms with Crippen LogP contribution in [0.2, 0.25) is 0 Å². The topological polar surface area (TPSA) is 58.4 Å². The number of aromatic nitrogens is 2. The van der Waals surface area contributed by atoms with Crippen molar-refractivity contribution in [3.8, 4) is 0 Å². The van der Waals surface area contributed by atoms with Crippen molar-refractivity contribution >= 4 is 6.03 Å². The van der Waals surface area contributed by atoms with Gasteiger partial charge >= 0.3 is 6.03 Å². The Kier molecular flexibility index (Phi) is 2.96. The lowest BCUT2D eigenvalue weighted by atomic mass is 10.0. The average Bonchev–Trinajstić information content (AvgIpc) is 2.87. The van der Waals surface area contributed by atoms with Gasteiger partial charge in [0.25, 0.3) is 0 Å². The van der Waals surface area contributed by atoms with Crippen LogP contribution >= 0.6 is 0 Å². The van der Waals surface area contributed by atoms with E-state index >= 15 is 0 Å². The summed E-state index contributed by atoms with van der Waals surface area (Å²) in [5.41, 5.74) is -0.689. The minimum Gasteiger partial charge on any atom is -0.388 e. The molecule has 1 N–H and O–H groups in total. The monoisotopic (exact) mass is 223 g/mol. The number of aliphatic hydroxyl groups is 1. The minimum atomic E-state index is -0.689.